The molecule has 134 valence electrons. The lowest BCUT2D eigenvalue weighted by molar-refractivity contribution is -0.130. The summed E-state index contributed by atoms with van der Waals surface area (Å²) in [5.41, 5.74) is 5.90. The van der Waals surface area contributed by atoms with E-state index >= 15 is 0 Å². The molecule has 0 spiro atoms. The van der Waals surface area contributed by atoms with E-state index in [2.05, 4.69) is 16.6 Å². The molecule has 0 aromatic heterocycles. The number of carbonyl (C=O) groups is 3. The van der Waals surface area contributed by atoms with Gasteiger partial charge in [0.05, 0.1) is 6.10 Å². The van der Waals surface area contributed by atoms with E-state index in [-0.39, 0.29) is 13.0 Å². The van der Waals surface area contributed by atoms with Crippen molar-refractivity contribution in [3.05, 3.63) is 35.9 Å². The number of aliphatic hydroxyl groups excluding tert-OH is 1. The van der Waals surface area contributed by atoms with Gasteiger partial charge in [0.15, 0.2) is 0 Å². The van der Waals surface area contributed by atoms with Crippen molar-refractivity contribution < 1.29 is 24.2 Å². The van der Waals surface area contributed by atoms with Crippen LogP contribution in [0.5, 0.6) is 0 Å². The summed E-state index contributed by atoms with van der Waals surface area (Å²) in [6.07, 6.45) is 2.88. The lowest BCUT2D eigenvalue weighted by Crippen LogP contribution is -2.56. The summed E-state index contributed by atoms with van der Waals surface area (Å²) in [7, 11) is 0. The van der Waals surface area contributed by atoms with E-state index in [4.69, 9.17) is 16.9 Å². The zero-order valence-corrected chi connectivity index (χ0v) is 13.8. The van der Waals surface area contributed by atoms with E-state index in [1.807, 2.05) is 6.07 Å². The molecule has 0 aliphatic carbocycles. The van der Waals surface area contributed by atoms with Crippen LogP contribution < -0.4 is 16.4 Å². The smallest absolute Gasteiger partial charge is 0.408 e. The van der Waals surface area contributed by atoms with Crippen LogP contribution in [0.3, 0.4) is 0 Å². The van der Waals surface area contributed by atoms with Gasteiger partial charge in [0, 0.05) is 6.42 Å². The maximum atomic E-state index is 12.2. The van der Waals surface area contributed by atoms with Crippen LogP contribution in [-0.2, 0) is 20.9 Å². The minimum absolute atomic E-state index is 0.00181. The Labute approximate surface area is 145 Å². The first-order valence-corrected chi connectivity index (χ1v) is 7.53. The largest absolute Gasteiger partial charge is 0.445 e. The van der Waals surface area contributed by atoms with Crippen molar-refractivity contribution in [3.8, 4) is 12.3 Å². The molecule has 8 heteroatoms. The number of terminal acetylenes is 1. The third-order valence-electron chi connectivity index (χ3n) is 3.23. The molecule has 8 nitrogen and oxygen atoms in total. The molecule has 0 saturated heterocycles. The molecule has 0 saturated carbocycles. The van der Waals surface area contributed by atoms with Gasteiger partial charge in [-0.15, -0.1) is 12.3 Å². The normalized spacial score (nSPS) is 13.6. The van der Waals surface area contributed by atoms with E-state index in [9.17, 15) is 19.5 Å². The second-order valence-electron chi connectivity index (χ2n) is 5.30. The van der Waals surface area contributed by atoms with Crippen molar-refractivity contribution >= 4 is 17.9 Å². The number of nitrogens with two attached hydrogens (primary N) is 1. The number of rotatable bonds is 8. The third-order valence-corrected chi connectivity index (χ3v) is 3.23. The average molecular weight is 347 g/mol. The molecule has 3 amide bonds. The lowest BCUT2D eigenvalue weighted by Gasteiger charge is -2.22. The van der Waals surface area contributed by atoms with Crippen LogP contribution in [0.25, 0.3) is 0 Å². The van der Waals surface area contributed by atoms with Crippen LogP contribution >= 0.6 is 0 Å². The number of nitrogens with one attached hydrogen (secondary N) is 2. The van der Waals surface area contributed by atoms with E-state index in [1.54, 1.807) is 24.3 Å². The maximum Gasteiger partial charge on any atom is 0.408 e. The monoisotopic (exact) mass is 347 g/mol. The van der Waals surface area contributed by atoms with Gasteiger partial charge in [0.1, 0.15) is 18.7 Å². The van der Waals surface area contributed by atoms with Gasteiger partial charge in [-0.1, -0.05) is 30.3 Å². The lowest BCUT2D eigenvalue weighted by atomic mass is 10.1. The van der Waals surface area contributed by atoms with E-state index < -0.39 is 36.1 Å². The molecule has 0 aliphatic rings. The molecule has 0 fully saturated rings. The Morgan fingerprint density at radius 2 is 1.92 bits per heavy atom. The number of primary amides is 1. The first-order valence-electron chi connectivity index (χ1n) is 7.53. The molecule has 5 N–H and O–H groups in total. The number of benzene rings is 1. The van der Waals surface area contributed by atoms with Gasteiger partial charge in [-0.25, -0.2) is 4.79 Å². The van der Waals surface area contributed by atoms with Gasteiger partial charge < -0.3 is 26.2 Å². The average Bonchev–Trinajstić information content (AvgIpc) is 2.57. The predicted octanol–water partition coefficient (Wildman–Crippen LogP) is -0.344. The van der Waals surface area contributed by atoms with Crippen molar-refractivity contribution in [2.24, 2.45) is 5.73 Å². The highest BCUT2D eigenvalue weighted by molar-refractivity contribution is 5.91. The van der Waals surface area contributed by atoms with Crippen molar-refractivity contribution in [1.82, 2.24) is 10.6 Å². The van der Waals surface area contributed by atoms with Crippen LogP contribution in [0.2, 0.25) is 0 Å². The van der Waals surface area contributed by atoms with Crippen LogP contribution in [-0.4, -0.2) is 41.2 Å². The van der Waals surface area contributed by atoms with Gasteiger partial charge in [-0.05, 0) is 12.5 Å². The van der Waals surface area contributed by atoms with Crippen LogP contribution in [0.4, 0.5) is 4.79 Å². The molecule has 0 radical (unpaired) electrons. The molecular weight excluding hydrogens is 326 g/mol. The van der Waals surface area contributed by atoms with Crippen LogP contribution in [0.1, 0.15) is 18.9 Å². The first-order chi connectivity index (χ1) is 11.8. The minimum Gasteiger partial charge on any atom is -0.445 e. The molecule has 1 rings (SSSR count). The Bertz CT molecular complexity index is 639. The fourth-order valence-corrected chi connectivity index (χ4v) is 1.90. The molecule has 25 heavy (non-hydrogen) atoms. The van der Waals surface area contributed by atoms with Crippen molar-refractivity contribution in [1.29, 1.82) is 0 Å². The number of alkyl carbamates (subject to hydrolysis) is 1. The second kappa shape index (κ2) is 9.95. The molecule has 0 unspecified atom stereocenters. The minimum atomic E-state index is -1.33. The zero-order valence-electron chi connectivity index (χ0n) is 13.8. The number of amides is 3. The van der Waals surface area contributed by atoms with E-state index in [0.29, 0.717) is 0 Å². The summed E-state index contributed by atoms with van der Waals surface area (Å²) in [6.45, 7) is 1.31. The predicted molar refractivity (Wildman–Crippen MR) is 89.8 cm³/mol. The second-order valence-corrected chi connectivity index (χ2v) is 5.30. The summed E-state index contributed by atoms with van der Waals surface area (Å²) in [4.78, 5) is 35.2. The van der Waals surface area contributed by atoms with E-state index in [0.717, 1.165) is 5.56 Å². The summed E-state index contributed by atoms with van der Waals surface area (Å²) in [5.74, 6) is 0.594. The van der Waals surface area contributed by atoms with Gasteiger partial charge in [-0.3, -0.25) is 9.59 Å². The number of hydrogen-bond donors (Lipinski definition) is 4. The maximum absolute atomic E-state index is 12.2. The molecular formula is C17H21N3O5. The van der Waals surface area contributed by atoms with Crippen molar-refractivity contribution in [3.63, 3.8) is 0 Å². The molecule has 3 atom stereocenters. The first kappa shape index (κ1) is 20.0. The van der Waals surface area contributed by atoms with Gasteiger partial charge in [0.25, 0.3) is 0 Å². The number of hydrogen-bond acceptors (Lipinski definition) is 5. The van der Waals surface area contributed by atoms with Crippen LogP contribution in [0.15, 0.2) is 30.3 Å². The summed E-state index contributed by atoms with van der Waals surface area (Å²) >= 11 is 0. The Balaban J connectivity index is 2.63. The molecule has 1 aromatic carbocycles. The summed E-state index contributed by atoms with van der Waals surface area (Å²) in [5, 5.41) is 14.2. The number of aliphatic hydroxyl groups is 1. The van der Waals surface area contributed by atoms with Crippen molar-refractivity contribution in [2.75, 3.05) is 0 Å². The highest BCUT2D eigenvalue weighted by atomic mass is 16.5. The highest BCUT2D eigenvalue weighted by Crippen LogP contribution is 2.02. The zero-order chi connectivity index (χ0) is 18.8. The van der Waals surface area contributed by atoms with Crippen molar-refractivity contribution in [2.45, 2.75) is 38.1 Å². The molecule has 0 aliphatic heterocycles. The van der Waals surface area contributed by atoms with E-state index in [1.165, 1.54) is 6.92 Å². The number of ether oxygens (including phenoxy) is 1. The van der Waals surface area contributed by atoms with Crippen LogP contribution in [0, 0.1) is 12.3 Å². The highest BCUT2D eigenvalue weighted by Gasteiger charge is 2.29. The topological polar surface area (TPSA) is 131 Å². The Hall–Kier alpha value is -3.05. The Morgan fingerprint density at radius 1 is 1.28 bits per heavy atom. The Morgan fingerprint density at radius 3 is 2.44 bits per heavy atom. The fourth-order valence-electron chi connectivity index (χ4n) is 1.90. The molecule has 0 heterocycles. The quantitative estimate of drug-likeness (QED) is 0.478. The summed E-state index contributed by atoms with van der Waals surface area (Å²) < 4.78 is 4.99. The fraction of sp³-hybridized carbons (Fsp3) is 0.353. The number of carbonyl (C=O) groups excluding carboxylic acids is 3. The third kappa shape index (κ3) is 6.93. The molecule has 1 aromatic rings. The molecule has 0 bridgehead atoms. The van der Waals surface area contributed by atoms with Gasteiger partial charge >= 0.3 is 6.09 Å². The van der Waals surface area contributed by atoms with Gasteiger partial charge in [-0.2, -0.15) is 0 Å². The van der Waals surface area contributed by atoms with Gasteiger partial charge in [0.2, 0.25) is 11.8 Å². The Kier molecular flexibility index (Phi) is 7.96. The summed E-state index contributed by atoms with van der Waals surface area (Å²) in [6, 6.07) is 6.51. The SMILES string of the molecule is C#CC[C@@H](NC(=O)[C@@H](NC(=O)OCc1ccccc1)[C@@H](C)O)C(N)=O. The standard InChI is InChI=1S/C17H21N3O5/c1-3-7-13(15(18)22)19-16(23)14(11(2)21)20-17(24)25-10-12-8-5-4-6-9-12/h1,4-6,8-9,11,13-14,21H,7,10H2,2H3,(H2,18,22)(H,19,23)(H,20,24)/t11-,13-,14+/m1/s1.